The van der Waals surface area contributed by atoms with E-state index < -0.39 is 0 Å². The lowest BCUT2D eigenvalue weighted by atomic mass is 10.2. The molecule has 0 atom stereocenters. The third-order valence-electron chi connectivity index (χ3n) is 3.82. The number of carbonyl (C=O) groups is 1. The zero-order valence-electron chi connectivity index (χ0n) is 14.8. The molecule has 0 spiro atoms. The quantitative estimate of drug-likeness (QED) is 0.718. The number of nitrogens with one attached hydrogen (secondary N) is 2. The molecule has 1 aromatic carbocycles. The molecule has 2 N–H and O–H groups in total. The second kappa shape index (κ2) is 7.57. The Balaban J connectivity index is 1.93. The number of rotatable bonds is 5. The van der Waals surface area contributed by atoms with Crippen LogP contribution in [-0.4, -0.2) is 39.4 Å². The van der Waals surface area contributed by atoms with Crippen LogP contribution in [0.25, 0.3) is 5.65 Å². The van der Waals surface area contributed by atoms with Gasteiger partial charge in [-0.25, -0.2) is 4.79 Å². The molecule has 0 aliphatic rings. The molecule has 0 saturated carbocycles. The van der Waals surface area contributed by atoms with E-state index in [1.54, 1.807) is 10.6 Å². The third-order valence-corrected chi connectivity index (χ3v) is 4.07. The van der Waals surface area contributed by atoms with Gasteiger partial charge in [-0.15, -0.1) is 15.3 Å². The number of anilines is 2. The summed E-state index contributed by atoms with van der Waals surface area (Å²) >= 11 is 5.94. The van der Waals surface area contributed by atoms with Gasteiger partial charge in [0.15, 0.2) is 11.6 Å². The van der Waals surface area contributed by atoms with Gasteiger partial charge in [-0.05, 0) is 31.5 Å². The molecule has 9 heteroatoms. The molecular weight excluding hydrogens is 354 g/mol. The van der Waals surface area contributed by atoms with E-state index in [1.165, 1.54) is 0 Å². The van der Waals surface area contributed by atoms with E-state index in [0.29, 0.717) is 41.1 Å². The molecule has 2 heterocycles. The summed E-state index contributed by atoms with van der Waals surface area (Å²) in [5, 5.41) is 18.9. The lowest BCUT2D eigenvalue weighted by molar-refractivity contribution is 0.252. The van der Waals surface area contributed by atoms with Crippen molar-refractivity contribution in [3.8, 4) is 0 Å². The van der Waals surface area contributed by atoms with Crippen molar-refractivity contribution in [3.63, 3.8) is 0 Å². The van der Waals surface area contributed by atoms with Gasteiger partial charge in [0.05, 0.1) is 5.69 Å². The number of hydrogen-bond donors (Lipinski definition) is 2. The van der Waals surface area contributed by atoms with Gasteiger partial charge >= 0.3 is 6.03 Å². The van der Waals surface area contributed by atoms with Crippen molar-refractivity contribution in [3.05, 3.63) is 46.7 Å². The maximum absolute atomic E-state index is 11.9. The Morgan fingerprint density at radius 1 is 1.27 bits per heavy atom. The van der Waals surface area contributed by atoms with Crippen LogP contribution >= 0.6 is 11.6 Å². The van der Waals surface area contributed by atoms with Crippen LogP contribution in [0.2, 0.25) is 5.02 Å². The number of aryl methyl sites for hydroxylation is 1. The highest BCUT2D eigenvalue weighted by atomic mass is 35.5. The minimum absolute atomic E-state index is 0.299. The van der Waals surface area contributed by atoms with E-state index in [0.717, 1.165) is 5.56 Å². The first-order valence-electron chi connectivity index (χ1n) is 8.21. The SMILES string of the molecule is CCNC(=O)Nc1cc(N(C)Cc2ccc(Cl)cc2)nn2c(C)nnc12. The predicted octanol–water partition coefficient (Wildman–Crippen LogP) is 2.86. The number of benzene rings is 1. The van der Waals surface area contributed by atoms with Crippen LogP contribution in [0.1, 0.15) is 18.3 Å². The molecule has 26 heavy (non-hydrogen) atoms. The second-order valence-electron chi connectivity index (χ2n) is 5.87. The van der Waals surface area contributed by atoms with Gasteiger partial charge in [0.25, 0.3) is 0 Å². The normalized spacial score (nSPS) is 10.8. The van der Waals surface area contributed by atoms with Crippen LogP contribution in [0.15, 0.2) is 30.3 Å². The van der Waals surface area contributed by atoms with E-state index in [9.17, 15) is 4.79 Å². The molecule has 0 fully saturated rings. The van der Waals surface area contributed by atoms with Crippen molar-refractivity contribution in [2.24, 2.45) is 0 Å². The smallest absolute Gasteiger partial charge is 0.319 e. The molecule has 0 aliphatic carbocycles. The van der Waals surface area contributed by atoms with E-state index in [4.69, 9.17) is 11.6 Å². The number of carbonyl (C=O) groups excluding carboxylic acids is 1. The summed E-state index contributed by atoms with van der Waals surface area (Å²) in [6.07, 6.45) is 0. The number of amides is 2. The van der Waals surface area contributed by atoms with Crippen molar-refractivity contribution in [2.75, 3.05) is 23.8 Å². The fourth-order valence-corrected chi connectivity index (χ4v) is 2.65. The fourth-order valence-electron chi connectivity index (χ4n) is 2.52. The molecule has 0 aliphatic heterocycles. The van der Waals surface area contributed by atoms with Crippen molar-refractivity contribution in [2.45, 2.75) is 20.4 Å². The molecule has 8 nitrogen and oxygen atoms in total. The molecule has 0 saturated heterocycles. The number of hydrogen-bond acceptors (Lipinski definition) is 5. The topological polar surface area (TPSA) is 87.5 Å². The largest absolute Gasteiger partial charge is 0.354 e. The van der Waals surface area contributed by atoms with E-state index in [-0.39, 0.29) is 6.03 Å². The Bertz CT molecular complexity index is 923. The van der Waals surface area contributed by atoms with Gasteiger partial charge in [-0.2, -0.15) is 4.52 Å². The molecule has 3 rings (SSSR count). The average molecular weight is 374 g/mol. The summed E-state index contributed by atoms with van der Waals surface area (Å²) in [4.78, 5) is 13.9. The Morgan fingerprint density at radius 2 is 2.00 bits per heavy atom. The average Bonchev–Trinajstić information content (AvgIpc) is 2.98. The second-order valence-corrected chi connectivity index (χ2v) is 6.30. The van der Waals surface area contributed by atoms with Crippen LogP contribution in [-0.2, 0) is 6.54 Å². The lowest BCUT2D eigenvalue weighted by Crippen LogP contribution is -2.29. The summed E-state index contributed by atoms with van der Waals surface area (Å²) < 4.78 is 1.62. The van der Waals surface area contributed by atoms with Crippen molar-refractivity contribution in [1.29, 1.82) is 0 Å². The first-order valence-corrected chi connectivity index (χ1v) is 8.59. The molecular formula is C17H20ClN7O. The first-order chi connectivity index (χ1) is 12.5. The van der Waals surface area contributed by atoms with Crippen molar-refractivity contribution in [1.82, 2.24) is 25.1 Å². The monoisotopic (exact) mass is 373 g/mol. The minimum Gasteiger partial charge on any atom is -0.354 e. The number of urea groups is 1. The summed E-state index contributed by atoms with van der Waals surface area (Å²) in [7, 11) is 1.93. The van der Waals surface area contributed by atoms with Crippen molar-refractivity contribution >= 4 is 34.8 Å². The summed E-state index contributed by atoms with van der Waals surface area (Å²) in [5.74, 6) is 1.32. The standard InChI is InChI=1S/C17H20ClN7O/c1-4-19-17(26)20-14-9-15(23-25-11(2)21-22-16(14)25)24(3)10-12-5-7-13(18)8-6-12/h5-9H,4,10H2,1-3H3,(H2,19,20,26). The summed E-state index contributed by atoms with van der Waals surface area (Å²) in [6, 6.07) is 9.13. The highest BCUT2D eigenvalue weighted by molar-refractivity contribution is 6.30. The number of halogens is 1. The molecule has 136 valence electrons. The highest BCUT2D eigenvalue weighted by Crippen LogP contribution is 2.22. The van der Waals surface area contributed by atoms with E-state index >= 15 is 0 Å². The zero-order chi connectivity index (χ0) is 18.7. The number of fused-ring (bicyclic) bond motifs is 1. The van der Waals surface area contributed by atoms with E-state index in [1.807, 2.05) is 50.1 Å². The van der Waals surface area contributed by atoms with Crippen LogP contribution in [0.3, 0.4) is 0 Å². The Hall–Kier alpha value is -2.87. The lowest BCUT2D eigenvalue weighted by Gasteiger charge is -2.19. The fraction of sp³-hybridized carbons (Fsp3) is 0.294. The van der Waals surface area contributed by atoms with Gasteiger partial charge in [0.2, 0.25) is 5.65 Å². The highest BCUT2D eigenvalue weighted by Gasteiger charge is 2.15. The predicted molar refractivity (Wildman–Crippen MR) is 102 cm³/mol. The zero-order valence-corrected chi connectivity index (χ0v) is 15.6. The Labute approximate surface area is 156 Å². The molecule has 2 amide bonds. The molecule has 2 aromatic heterocycles. The maximum Gasteiger partial charge on any atom is 0.319 e. The van der Waals surface area contributed by atoms with Crippen LogP contribution in [0.4, 0.5) is 16.3 Å². The Morgan fingerprint density at radius 3 is 2.69 bits per heavy atom. The number of nitrogens with zero attached hydrogens (tertiary/aromatic N) is 5. The van der Waals surface area contributed by atoms with Gasteiger partial charge in [0, 0.05) is 31.2 Å². The van der Waals surface area contributed by atoms with Crippen LogP contribution < -0.4 is 15.5 Å². The molecule has 0 radical (unpaired) electrons. The number of aromatic nitrogens is 4. The Kier molecular flexibility index (Phi) is 5.22. The van der Waals surface area contributed by atoms with Crippen LogP contribution in [0.5, 0.6) is 0 Å². The first kappa shape index (κ1) is 17.9. The molecule has 3 aromatic rings. The molecule has 0 unspecified atom stereocenters. The van der Waals surface area contributed by atoms with Crippen molar-refractivity contribution < 1.29 is 4.79 Å². The van der Waals surface area contributed by atoms with Gasteiger partial charge < -0.3 is 15.5 Å². The molecule has 0 bridgehead atoms. The maximum atomic E-state index is 11.9. The van der Waals surface area contributed by atoms with Gasteiger partial charge in [0.1, 0.15) is 0 Å². The van der Waals surface area contributed by atoms with E-state index in [2.05, 4.69) is 25.9 Å². The van der Waals surface area contributed by atoms with Crippen LogP contribution in [0, 0.1) is 6.92 Å². The summed E-state index contributed by atoms with van der Waals surface area (Å²) in [5.41, 5.74) is 2.14. The minimum atomic E-state index is -0.299. The van der Waals surface area contributed by atoms with Gasteiger partial charge in [-0.1, -0.05) is 23.7 Å². The third kappa shape index (κ3) is 3.85. The summed E-state index contributed by atoms with van der Waals surface area (Å²) in [6.45, 7) is 4.83. The van der Waals surface area contributed by atoms with Gasteiger partial charge in [-0.3, -0.25) is 0 Å².